The van der Waals surface area contributed by atoms with Gasteiger partial charge in [0.05, 0.1) is 12.7 Å². The Balaban J connectivity index is 2.26. The van der Waals surface area contributed by atoms with Crippen LogP contribution in [0.5, 0.6) is 5.95 Å². The van der Waals surface area contributed by atoms with E-state index in [0.717, 1.165) is 17.7 Å². The Bertz CT molecular complexity index is 842. The SMILES string of the molecule is CC[C@H]1[C@]2(C)C=C(C)C=C(C)[C@@H]2[C@]1(C)c1oc(OC)c(C)c(=O)c1C. The molecule has 3 heteroatoms. The van der Waals surface area contributed by atoms with E-state index in [-0.39, 0.29) is 16.3 Å². The highest BCUT2D eigenvalue weighted by atomic mass is 16.6. The van der Waals surface area contributed by atoms with E-state index in [1.165, 1.54) is 11.1 Å². The van der Waals surface area contributed by atoms with Crippen molar-refractivity contribution >= 4 is 0 Å². The van der Waals surface area contributed by atoms with E-state index in [1.807, 2.05) is 6.92 Å². The Morgan fingerprint density at radius 1 is 1.16 bits per heavy atom. The average molecular weight is 342 g/mol. The lowest BCUT2D eigenvalue weighted by Crippen LogP contribution is -2.65. The minimum absolute atomic E-state index is 0.0342. The highest BCUT2D eigenvalue weighted by Crippen LogP contribution is 2.70. The van der Waals surface area contributed by atoms with E-state index in [1.54, 1.807) is 14.0 Å². The van der Waals surface area contributed by atoms with E-state index in [2.05, 4.69) is 46.8 Å². The van der Waals surface area contributed by atoms with Crippen molar-refractivity contribution in [2.45, 2.75) is 60.3 Å². The Kier molecular flexibility index (Phi) is 4.05. The molecule has 1 fully saturated rings. The van der Waals surface area contributed by atoms with Crippen LogP contribution >= 0.6 is 0 Å². The first-order chi connectivity index (χ1) is 11.6. The third-order valence-electron chi connectivity index (χ3n) is 6.75. The molecule has 1 aromatic heterocycles. The summed E-state index contributed by atoms with van der Waals surface area (Å²) in [5, 5.41) is 0. The van der Waals surface area contributed by atoms with E-state index in [4.69, 9.17) is 9.15 Å². The maximum absolute atomic E-state index is 12.8. The summed E-state index contributed by atoms with van der Waals surface area (Å²) in [6, 6.07) is 0. The lowest BCUT2D eigenvalue weighted by molar-refractivity contribution is -0.0915. The lowest BCUT2D eigenvalue weighted by atomic mass is 9.36. The molecule has 0 aromatic carbocycles. The fraction of sp³-hybridized carbons (Fsp3) is 0.591. The quantitative estimate of drug-likeness (QED) is 0.768. The summed E-state index contributed by atoms with van der Waals surface area (Å²) in [5.41, 5.74) is 3.91. The second-order valence-electron chi connectivity index (χ2n) is 8.32. The topological polar surface area (TPSA) is 39.4 Å². The summed E-state index contributed by atoms with van der Waals surface area (Å²) in [6.07, 6.45) is 5.73. The van der Waals surface area contributed by atoms with Gasteiger partial charge >= 0.3 is 0 Å². The van der Waals surface area contributed by atoms with Crippen LogP contribution < -0.4 is 10.2 Å². The van der Waals surface area contributed by atoms with Crippen LogP contribution in [-0.2, 0) is 5.41 Å². The Labute approximate surface area is 150 Å². The predicted octanol–water partition coefficient (Wildman–Crippen LogP) is 5.09. The number of hydrogen-bond donors (Lipinski definition) is 0. The summed E-state index contributed by atoms with van der Waals surface area (Å²) >= 11 is 0. The molecule has 136 valence electrons. The molecule has 1 saturated carbocycles. The largest absolute Gasteiger partial charge is 0.468 e. The molecule has 1 heterocycles. The molecular weight excluding hydrogens is 312 g/mol. The van der Waals surface area contributed by atoms with Crippen LogP contribution in [0.1, 0.15) is 57.9 Å². The second-order valence-corrected chi connectivity index (χ2v) is 8.32. The van der Waals surface area contributed by atoms with Gasteiger partial charge in [-0.05, 0) is 39.0 Å². The molecule has 25 heavy (non-hydrogen) atoms. The lowest BCUT2D eigenvalue weighted by Gasteiger charge is -2.67. The van der Waals surface area contributed by atoms with Crippen LogP contribution in [0.15, 0.2) is 32.5 Å². The van der Waals surface area contributed by atoms with Gasteiger partial charge < -0.3 is 9.15 Å². The molecule has 2 aliphatic carbocycles. The van der Waals surface area contributed by atoms with Gasteiger partial charge in [0.15, 0.2) is 5.43 Å². The zero-order chi connectivity index (χ0) is 18.7. The Hall–Kier alpha value is -1.77. The van der Waals surface area contributed by atoms with Gasteiger partial charge in [0.25, 0.3) is 5.95 Å². The van der Waals surface area contributed by atoms with Crippen LogP contribution in [0, 0.1) is 31.1 Å². The van der Waals surface area contributed by atoms with Gasteiger partial charge in [0, 0.05) is 16.9 Å². The van der Waals surface area contributed by atoms with Crippen LogP contribution in [0.2, 0.25) is 0 Å². The summed E-state index contributed by atoms with van der Waals surface area (Å²) in [5.74, 6) is 1.90. The maximum atomic E-state index is 12.8. The minimum atomic E-state index is -0.203. The normalized spacial score (nSPS) is 33.9. The molecule has 0 aliphatic heterocycles. The molecule has 3 nitrogen and oxygen atoms in total. The summed E-state index contributed by atoms with van der Waals surface area (Å²) < 4.78 is 11.6. The highest BCUT2D eigenvalue weighted by molar-refractivity contribution is 5.47. The van der Waals surface area contributed by atoms with Gasteiger partial charge in [0.1, 0.15) is 5.76 Å². The molecule has 0 saturated heterocycles. The van der Waals surface area contributed by atoms with E-state index >= 15 is 0 Å². The summed E-state index contributed by atoms with van der Waals surface area (Å²) in [7, 11) is 1.56. The molecule has 2 aliphatic rings. The second kappa shape index (κ2) is 5.62. The molecule has 0 unspecified atom stereocenters. The van der Waals surface area contributed by atoms with Crippen molar-refractivity contribution in [2.75, 3.05) is 7.11 Å². The fourth-order valence-electron chi connectivity index (χ4n) is 6.31. The van der Waals surface area contributed by atoms with Crippen molar-refractivity contribution in [3.8, 4) is 5.95 Å². The highest BCUT2D eigenvalue weighted by Gasteiger charge is 2.67. The number of ether oxygens (including phenoxy) is 1. The van der Waals surface area contributed by atoms with Gasteiger partial charge in [-0.2, -0.15) is 0 Å². The van der Waals surface area contributed by atoms with Crippen molar-refractivity contribution in [2.24, 2.45) is 17.3 Å². The van der Waals surface area contributed by atoms with Crippen molar-refractivity contribution in [3.63, 3.8) is 0 Å². The van der Waals surface area contributed by atoms with E-state index in [9.17, 15) is 4.79 Å². The number of methoxy groups -OCH3 is 1. The first-order valence-corrected chi connectivity index (χ1v) is 9.19. The van der Waals surface area contributed by atoms with Gasteiger partial charge in [-0.1, -0.05) is 50.5 Å². The predicted molar refractivity (Wildman–Crippen MR) is 101 cm³/mol. The molecule has 0 radical (unpaired) electrons. The first kappa shape index (κ1) is 18.0. The van der Waals surface area contributed by atoms with Gasteiger partial charge in [-0.15, -0.1) is 0 Å². The molecular formula is C22H30O3. The third-order valence-corrected chi connectivity index (χ3v) is 6.75. The van der Waals surface area contributed by atoms with Crippen molar-refractivity contribution in [1.29, 1.82) is 0 Å². The first-order valence-electron chi connectivity index (χ1n) is 9.19. The van der Waals surface area contributed by atoms with Crippen molar-refractivity contribution in [1.82, 2.24) is 0 Å². The molecule has 0 N–H and O–H groups in total. The van der Waals surface area contributed by atoms with Gasteiger partial charge in [0.2, 0.25) is 0 Å². The molecule has 4 atom stereocenters. The standard InChI is InChI=1S/C22H30O3/c1-9-16-21(6)11-12(2)10-13(3)18(21)22(16,7)19-14(4)17(23)15(5)20(24-8)25-19/h10-11,16,18H,9H2,1-8H3/t16-,18-,21-,22+/m0/s1. The fourth-order valence-corrected chi connectivity index (χ4v) is 6.31. The van der Waals surface area contributed by atoms with Gasteiger partial charge in [-0.3, -0.25) is 4.79 Å². The van der Waals surface area contributed by atoms with E-state index < -0.39 is 0 Å². The number of allylic oxidation sites excluding steroid dienone is 4. The van der Waals surface area contributed by atoms with Crippen molar-refractivity contribution in [3.05, 3.63) is 50.4 Å². The average Bonchev–Trinajstić information content (AvgIpc) is 2.51. The maximum Gasteiger partial charge on any atom is 0.291 e. The van der Waals surface area contributed by atoms with E-state index in [0.29, 0.717) is 23.3 Å². The zero-order valence-corrected chi connectivity index (χ0v) is 16.7. The molecule has 1 aromatic rings. The minimum Gasteiger partial charge on any atom is -0.468 e. The van der Waals surface area contributed by atoms with Crippen LogP contribution in [0.25, 0.3) is 0 Å². The molecule has 0 spiro atoms. The Morgan fingerprint density at radius 3 is 2.36 bits per heavy atom. The summed E-state index contributed by atoms with van der Waals surface area (Å²) in [4.78, 5) is 12.8. The third kappa shape index (κ3) is 2.14. The zero-order valence-electron chi connectivity index (χ0n) is 16.7. The molecule has 3 rings (SSSR count). The van der Waals surface area contributed by atoms with Crippen LogP contribution in [0.4, 0.5) is 0 Å². The molecule has 0 amide bonds. The Morgan fingerprint density at radius 2 is 1.80 bits per heavy atom. The monoisotopic (exact) mass is 342 g/mol. The van der Waals surface area contributed by atoms with Crippen LogP contribution in [0.3, 0.4) is 0 Å². The number of hydrogen-bond acceptors (Lipinski definition) is 3. The van der Waals surface area contributed by atoms with Gasteiger partial charge in [-0.25, -0.2) is 0 Å². The summed E-state index contributed by atoms with van der Waals surface area (Å²) in [6.45, 7) is 14.9. The number of rotatable bonds is 3. The van der Waals surface area contributed by atoms with Crippen LogP contribution in [-0.4, -0.2) is 7.11 Å². The molecule has 0 bridgehead atoms. The smallest absolute Gasteiger partial charge is 0.291 e. The van der Waals surface area contributed by atoms with Crippen molar-refractivity contribution < 1.29 is 9.15 Å². The number of fused-ring (bicyclic) bond motifs is 1.